The van der Waals surface area contributed by atoms with Crippen molar-refractivity contribution in [2.24, 2.45) is 5.92 Å². The van der Waals surface area contributed by atoms with E-state index in [4.69, 9.17) is 23.2 Å². The molecule has 0 saturated carbocycles. The third-order valence-electron chi connectivity index (χ3n) is 4.39. The minimum atomic E-state index is -3.65. The zero-order valence-corrected chi connectivity index (χ0v) is 16.2. The fourth-order valence-corrected chi connectivity index (χ4v) is 5.02. The Morgan fingerprint density at radius 2 is 1.62 bits per heavy atom. The fraction of sp³-hybridized carbons (Fsp3) is 0.278. The summed E-state index contributed by atoms with van der Waals surface area (Å²) in [5, 5.41) is 3.65. The molecule has 0 aliphatic carbocycles. The van der Waals surface area contributed by atoms with E-state index in [1.54, 1.807) is 42.5 Å². The van der Waals surface area contributed by atoms with Gasteiger partial charge in [-0.2, -0.15) is 4.31 Å². The third-order valence-corrected chi connectivity index (χ3v) is 7.04. The van der Waals surface area contributed by atoms with Gasteiger partial charge in [-0.3, -0.25) is 4.79 Å². The van der Waals surface area contributed by atoms with Gasteiger partial charge >= 0.3 is 0 Å². The van der Waals surface area contributed by atoms with Crippen LogP contribution in [0.2, 0.25) is 10.0 Å². The molecule has 0 aromatic heterocycles. The normalized spacial score (nSPS) is 16.4. The Morgan fingerprint density at radius 3 is 2.23 bits per heavy atom. The maximum atomic E-state index is 12.7. The molecule has 0 spiro atoms. The molecular weight excluding hydrogens is 395 g/mol. The number of hydrogen-bond acceptors (Lipinski definition) is 3. The minimum Gasteiger partial charge on any atom is -0.326 e. The van der Waals surface area contributed by atoms with Crippen LogP contribution in [-0.4, -0.2) is 31.7 Å². The number of piperidine rings is 1. The van der Waals surface area contributed by atoms with Crippen LogP contribution >= 0.6 is 23.2 Å². The number of carbonyl (C=O) groups excluding carboxylic acids is 1. The molecule has 1 amide bonds. The first-order valence-electron chi connectivity index (χ1n) is 8.19. The highest BCUT2D eigenvalue weighted by molar-refractivity contribution is 7.89. The molecule has 138 valence electrons. The van der Waals surface area contributed by atoms with Crippen molar-refractivity contribution in [2.75, 3.05) is 18.4 Å². The Labute approximate surface area is 163 Å². The first-order valence-corrected chi connectivity index (χ1v) is 10.4. The summed E-state index contributed by atoms with van der Waals surface area (Å²) in [6, 6.07) is 13.3. The summed E-state index contributed by atoms with van der Waals surface area (Å²) < 4.78 is 26.9. The second-order valence-electron chi connectivity index (χ2n) is 6.10. The molecule has 1 aliphatic heterocycles. The predicted octanol–water partition coefficient (Wildman–Crippen LogP) is 4.03. The molecule has 2 aromatic carbocycles. The SMILES string of the molecule is O=C(Nc1ccc(Cl)cc1)C1CCN(S(=O)(=O)c2ccccc2Cl)CC1. The van der Waals surface area contributed by atoms with Gasteiger partial charge in [0.15, 0.2) is 0 Å². The Hall–Kier alpha value is -1.60. The van der Waals surface area contributed by atoms with Crippen LogP contribution < -0.4 is 5.32 Å². The summed E-state index contributed by atoms with van der Waals surface area (Å²) >= 11 is 11.9. The zero-order valence-electron chi connectivity index (χ0n) is 13.9. The van der Waals surface area contributed by atoms with E-state index in [2.05, 4.69) is 5.32 Å². The van der Waals surface area contributed by atoms with Crippen LogP contribution in [-0.2, 0) is 14.8 Å². The van der Waals surface area contributed by atoms with Crippen LogP contribution in [0.5, 0.6) is 0 Å². The molecule has 8 heteroatoms. The zero-order chi connectivity index (χ0) is 18.7. The topological polar surface area (TPSA) is 66.5 Å². The molecule has 0 atom stereocenters. The average Bonchev–Trinajstić information content (AvgIpc) is 2.64. The number of benzene rings is 2. The maximum absolute atomic E-state index is 12.7. The fourth-order valence-electron chi connectivity index (χ4n) is 2.93. The van der Waals surface area contributed by atoms with Crippen LogP contribution in [0, 0.1) is 5.92 Å². The van der Waals surface area contributed by atoms with Gasteiger partial charge in [-0.05, 0) is 49.2 Å². The predicted molar refractivity (Wildman–Crippen MR) is 103 cm³/mol. The van der Waals surface area contributed by atoms with Gasteiger partial charge in [-0.15, -0.1) is 0 Å². The Bertz CT molecular complexity index is 893. The Kier molecular flexibility index (Phi) is 5.87. The van der Waals surface area contributed by atoms with Gasteiger partial charge < -0.3 is 5.32 Å². The van der Waals surface area contributed by atoms with Gasteiger partial charge in [-0.25, -0.2) is 8.42 Å². The van der Waals surface area contributed by atoms with E-state index in [-0.39, 0.29) is 34.8 Å². The van der Waals surface area contributed by atoms with Crippen molar-refractivity contribution >= 4 is 44.8 Å². The molecule has 2 aromatic rings. The maximum Gasteiger partial charge on any atom is 0.244 e. The first kappa shape index (κ1) is 19.2. The highest BCUT2D eigenvalue weighted by Crippen LogP contribution is 2.28. The van der Waals surface area contributed by atoms with Crippen molar-refractivity contribution in [1.29, 1.82) is 0 Å². The third kappa shape index (κ3) is 4.20. The van der Waals surface area contributed by atoms with Crippen LogP contribution in [0.1, 0.15) is 12.8 Å². The molecule has 1 saturated heterocycles. The van der Waals surface area contributed by atoms with Gasteiger partial charge in [0.25, 0.3) is 0 Å². The van der Waals surface area contributed by atoms with Gasteiger partial charge in [0, 0.05) is 29.7 Å². The number of rotatable bonds is 4. The van der Waals surface area contributed by atoms with Crippen molar-refractivity contribution in [2.45, 2.75) is 17.7 Å². The van der Waals surface area contributed by atoms with Crippen molar-refractivity contribution < 1.29 is 13.2 Å². The van der Waals surface area contributed by atoms with E-state index in [1.165, 1.54) is 10.4 Å². The molecule has 0 unspecified atom stereocenters. The summed E-state index contributed by atoms with van der Waals surface area (Å²) in [7, 11) is -3.65. The van der Waals surface area contributed by atoms with Crippen LogP contribution in [0.3, 0.4) is 0 Å². The number of nitrogens with zero attached hydrogens (tertiary/aromatic N) is 1. The van der Waals surface area contributed by atoms with Crippen LogP contribution in [0.25, 0.3) is 0 Å². The molecule has 1 N–H and O–H groups in total. The molecule has 1 fully saturated rings. The van der Waals surface area contributed by atoms with Crippen LogP contribution in [0.15, 0.2) is 53.4 Å². The summed E-state index contributed by atoms with van der Waals surface area (Å²) in [6.07, 6.45) is 0.923. The number of sulfonamides is 1. The number of amides is 1. The number of anilines is 1. The molecule has 1 aliphatic rings. The Morgan fingerprint density at radius 1 is 1.00 bits per heavy atom. The van der Waals surface area contributed by atoms with Gasteiger partial charge in [0.05, 0.1) is 5.02 Å². The number of nitrogens with one attached hydrogen (secondary N) is 1. The second-order valence-corrected chi connectivity index (χ2v) is 8.85. The molecule has 1 heterocycles. The van der Waals surface area contributed by atoms with E-state index in [0.29, 0.717) is 23.6 Å². The molecule has 26 heavy (non-hydrogen) atoms. The molecule has 5 nitrogen and oxygen atoms in total. The average molecular weight is 413 g/mol. The highest BCUT2D eigenvalue weighted by atomic mass is 35.5. The van der Waals surface area contributed by atoms with Gasteiger partial charge in [0.1, 0.15) is 4.90 Å². The number of carbonyl (C=O) groups is 1. The van der Waals surface area contributed by atoms with Gasteiger partial charge in [0.2, 0.25) is 15.9 Å². The van der Waals surface area contributed by atoms with Crippen molar-refractivity contribution in [3.8, 4) is 0 Å². The Balaban J connectivity index is 1.62. The summed E-state index contributed by atoms with van der Waals surface area (Å²) in [5.74, 6) is -0.342. The van der Waals surface area contributed by atoms with Crippen molar-refractivity contribution in [3.05, 3.63) is 58.6 Å². The highest BCUT2D eigenvalue weighted by Gasteiger charge is 2.33. The van der Waals surface area contributed by atoms with Crippen molar-refractivity contribution in [1.82, 2.24) is 4.31 Å². The van der Waals surface area contributed by atoms with Crippen LogP contribution in [0.4, 0.5) is 5.69 Å². The van der Waals surface area contributed by atoms with E-state index < -0.39 is 10.0 Å². The lowest BCUT2D eigenvalue weighted by molar-refractivity contribution is -0.120. The van der Waals surface area contributed by atoms with E-state index >= 15 is 0 Å². The summed E-state index contributed by atoms with van der Waals surface area (Å²) in [5.41, 5.74) is 0.672. The lowest BCUT2D eigenvalue weighted by Gasteiger charge is -2.30. The molecule has 0 radical (unpaired) electrons. The second kappa shape index (κ2) is 7.96. The standard InChI is InChI=1S/C18H18Cl2N2O3S/c19-14-5-7-15(8-6-14)21-18(23)13-9-11-22(12-10-13)26(24,25)17-4-2-1-3-16(17)20/h1-8,13H,9-12H2,(H,21,23). The minimum absolute atomic E-state index is 0.103. The monoisotopic (exact) mass is 412 g/mol. The lowest BCUT2D eigenvalue weighted by Crippen LogP contribution is -2.41. The first-order chi connectivity index (χ1) is 12.4. The largest absolute Gasteiger partial charge is 0.326 e. The molecule has 0 bridgehead atoms. The van der Waals surface area contributed by atoms with Crippen molar-refractivity contribution in [3.63, 3.8) is 0 Å². The summed E-state index contributed by atoms with van der Waals surface area (Å²) in [4.78, 5) is 12.5. The number of halogens is 2. The molecular formula is C18H18Cl2N2O3S. The van der Waals surface area contributed by atoms with E-state index in [0.717, 1.165) is 0 Å². The molecule has 3 rings (SSSR count). The smallest absolute Gasteiger partial charge is 0.244 e. The summed E-state index contributed by atoms with van der Waals surface area (Å²) in [6.45, 7) is 0.568. The lowest BCUT2D eigenvalue weighted by atomic mass is 9.97. The van der Waals surface area contributed by atoms with E-state index in [1.807, 2.05) is 0 Å². The van der Waals surface area contributed by atoms with Gasteiger partial charge in [-0.1, -0.05) is 35.3 Å². The number of hydrogen-bond donors (Lipinski definition) is 1. The van der Waals surface area contributed by atoms with E-state index in [9.17, 15) is 13.2 Å². The quantitative estimate of drug-likeness (QED) is 0.823.